The van der Waals surface area contributed by atoms with Crippen molar-refractivity contribution >= 4 is 23.4 Å². The van der Waals surface area contributed by atoms with Gasteiger partial charge in [-0.15, -0.1) is 11.8 Å². The third-order valence-corrected chi connectivity index (χ3v) is 4.87. The fraction of sp³-hybridized carbons (Fsp3) is 0.316. The molecule has 2 aromatic rings. The molecular weight excluding hydrogens is 306 g/mol. The van der Waals surface area contributed by atoms with E-state index in [4.69, 9.17) is 4.74 Å². The number of anilines is 1. The molecule has 2 aromatic carbocycles. The van der Waals surface area contributed by atoms with E-state index in [0.29, 0.717) is 11.4 Å². The molecular formula is C19H23NO2S. The number of amides is 1. The van der Waals surface area contributed by atoms with Crippen molar-refractivity contribution < 1.29 is 9.53 Å². The molecule has 1 amide bonds. The van der Waals surface area contributed by atoms with Gasteiger partial charge in [0.2, 0.25) is 5.91 Å². The van der Waals surface area contributed by atoms with Crippen molar-refractivity contribution in [3.8, 4) is 5.75 Å². The Morgan fingerprint density at radius 2 is 1.83 bits per heavy atom. The molecule has 3 nitrogen and oxygen atoms in total. The molecule has 2 rings (SSSR count). The smallest absolute Gasteiger partial charge is 0.237 e. The third-order valence-electron chi connectivity index (χ3n) is 3.77. The summed E-state index contributed by atoms with van der Waals surface area (Å²) in [6.45, 7) is 8.07. The maximum absolute atomic E-state index is 12.5. The van der Waals surface area contributed by atoms with Crippen molar-refractivity contribution in [2.75, 3.05) is 12.4 Å². The van der Waals surface area contributed by atoms with E-state index in [2.05, 4.69) is 37.4 Å². The second-order valence-electron chi connectivity index (χ2n) is 5.70. The Morgan fingerprint density at radius 3 is 2.48 bits per heavy atom. The number of carbonyl (C=O) groups is 1. The summed E-state index contributed by atoms with van der Waals surface area (Å²) in [5.74, 6) is 0.643. The minimum absolute atomic E-state index is 0.0304. The van der Waals surface area contributed by atoms with Crippen molar-refractivity contribution in [3.63, 3.8) is 0 Å². The number of thioether (sulfide) groups is 1. The van der Waals surface area contributed by atoms with Gasteiger partial charge in [0.25, 0.3) is 0 Å². The summed E-state index contributed by atoms with van der Waals surface area (Å²) in [5, 5.41) is 2.77. The molecule has 0 aliphatic rings. The van der Waals surface area contributed by atoms with Gasteiger partial charge in [0, 0.05) is 4.90 Å². The van der Waals surface area contributed by atoms with Gasteiger partial charge in [-0.25, -0.2) is 0 Å². The highest BCUT2D eigenvalue weighted by atomic mass is 32.2. The predicted octanol–water partition coefficient (Wildman–Crippen LogP) is 4.74. The van der Waals surface area contributed by atoms with Crippen LogP contribution in [-0.2, 0) is 4.79 Å². The Morgan fingerprint density at radius 1 is 1.09 bits per heavy atom. The third kappa shape index (κ3) is 4.52. The van der Waals surface area contributed by atoms with Crippen LogP contribution in [0.1, 0.15) is 23.6 Å². The first-order valence-electron chi connectivity index (χ1n) is 7.60. The molecule has 0 unspecified atom stereocenters. The summed E-state index contributed by atoms with van der Waals surface area (Å²) in [4.78, 5) is 13.6. The standard InChI is InChI=1S/C19H23NO2S/c1-12-6-9-18(22-5)17(10-12)20-19(21)15(4)23-16-8-7-13(2)14(3)11-16/h6-11,15H,1-5H3,(H,20,21)/t15-/m0/s1. The first-order chi connectivity index (χ1) is 10.9. The van der Waals surface area contributed by atoms with E-state index in [1.54, 1.807) is 18.9 Å². The van der Waals surface area contributed by atoms with Crippen molar-refractivity contribution in [1.29, 1.82) is 0 Å². The molecule has 0 radical (unpaired) electrons. The molecule has 0 saturated carbocycles. The molecule has 1 N–H and O–H groups in total. The lowest BCUT2D eigenvalue weighted by molar-refractivity contribution is -0.115. The summed E-state index contributed by atoms with van der Waals surface area (Å²) >= 11 is 1.56. The number of methoxy groups -OCH3 is 1. The van der Waals surface area contributed by atoms with Crippen LogP contribution in [0.25, 0.3) is 0 Å². The van der Waals surface area contributed by atoms with E-state index in [1.807, 2.05) is 32.0 Å². The number of rotatable bonds is 5. The largest absolute Gasteiger partial charge is 0.495 e. The van der Waals surface area contributed by atoms with Crippen LogP contribution in [0.15, 0.2) is 41.3 Å². The van der Waals surface area contributed by atoms with Crippen LogP contribution in [0, 0.1) is 20.8 Å². The van der Waals surface area contributed by atoms with Crippen molar-refractivity contribution in [3.05, 3.63) is 53.1 Å². The number of aryl methyl sites for hydroxylation is 3. The van der Waals surface area contributed by atoms with Gasteiger partial charge in [-0.3, -0.25) is 4.79 Å². The van der Waals surface area contributed by atoms with Crippen LogP contribution in [0.3, 0.4) is 0 Å². The SMILES string of the molecule is COc1ccc(C)cc1NC(=O)[C@H](C)Sc1ccc(C)c(C)c1. The molecule has 0 aliphatic carbocycles. The highest BCUT2D eigenvalue weighted by molar-refractivity contribution is 8.00. The number of benzene rings is 2. The quantitative estimate of drug-likeness (QED) is 0.805. The van der Waals surface area contributed by atoms with E-state index in [9.17, 15) is 4.79 Å². The first-order valence-corrected chi connectivity index (χ1v) is 8.48. The van der Waals surface area contributed by atoms with E-state index in [-0.39, 0.29) is 11.2 Å². The van der Waals surface area contributed by atoms with Crippen LogP contribution in [0.5, 0.6) is 5.75 Å². The van der Waals surface area contributed by atoms with E-state index < -0.39 is 0 Å². The Bertz CT molecular complexity index is 713. The highest BCUT2D eigenvalue weighted by Crippen LogP contribution is 2.29. The lowest BCUT2D eigenvalue weighted by atomic mass is 10.1. The zero-order chi connectivity index (χ0) is 17.0. The van der Waals surface area contributed by atoms with E-state index in [1.165, 1.54) is 11.1 Å². The van der Waals surface area contributed by atoms with Crippen LogP contribution in [0.4, 0.5) is 5.69 Å². The minimum Gasteiger partial charge on any atom is -0.495 e. The predicted molar refractivity (Wildman–Crippen MR) is 97.6 cm³/mol. The van der Waals surface area contributed by atoms with Crippen molar-refractivity contribution in [2.45, 2.75) is 37.8 Å². The molecule has 0 bridgehead atoms. The van der Waals surface area contributed by atoms with E-state index >= 15 is 0 Å². The molecule has 122 valence electrons. The molecule has 0 heterocycles. The molecule has 0 aliphatic heterocycles. The molecule has 1 atom stereocenters. The molecule has 23 heavy (non-hydrogen) atoms. The summed E-state index contributed by atoms with van der Waals surface area (Å²) < 4.78 is 5.31. The Balaban J connectivity index is 2.08. The maximum atomic E-state index is 12.5. The van der Waals surface area contributed by atoms with Gasteiger partial charge < -0.3 is 10.1 Å². The zero-order valence-electron chi connectivity index (χ0n) is 14.3. The van der Waals surface area contributed by atoms with Crippen LogP contribution < -0.4 is 10.1 Å². The molecule has 0 spiro atoms. The molecule has 0 aromatic heterocycles. The second kappa shape index (κ2) is 7.55. The van der Waals surface area contributed by atoms with Crippen LogP contribution in [-0.4, -0.2) is 18.3 Å². The highest BCUT2D eigenvalue weighted by Gasteiger charge is 2.16. The average Bonchev–Trinajstić information content (AvgIpc) is 2.51. The van der Waals surface area contributed by atoms with Crippen LogP contribution in [0.2, 0.25) is 0 Å². The van der Waals surface area contributed by atoms with Crippen molar-refractivity contribution in [2.24, 2.45) is 0 Å². The Kier molecular flexibility index (Phi) is 5.72. The number of nitrogens with one attached hydrogen (secondary N) is 1. The van der Waals surface area contributed by atoms with Gasteiger partial charge >= 0.3 is 0 Å². The Hall–Kier alpha value is -1.94. The van der Waals surface area contributed by atoms with Gasteiger partial charge in [0.05, 0.1) is 18.0 Å². The summed E-state index contributed by atoms with van der Waals surface area (Å²) in [6.07, 6.45) is 0. The average molecular weight is 329 g/mol. The topological polar surface area (TPSA) is 38.3 Å². The molecule has 0 saturated heterocycles. The minimum atomic E-state index is -0.192. The summed E-state index contributed by atoms with van der Waals surface area (Å²) in [7, 11) is 1.60. The number of hydrogen-bond donors (Lipinski definition) is 1. The van der Waals surface area contributed by atoms with Crippen LogP contribution >= 0.6 is 11.8 Å². The number of carbonyl (C=O) groups excluding carboxylic acids is 1. The monoisotopic (exact) mass is 329 g/mol. The fourth-order valence-corrected chi connectivity index (χ4v) is 3.16. The van der Waals surface area contributed by atoms with Gasteiger partial charge in [0.15, 0.2) is 0 Å². The second-order valence-corrected chi connectivity index (χ2v) is 7.11. The number of ether oxygens (including phenoxy) is 1. The summed E-state index contributed by atoms with van der Waals surface area (Å²) in [5.41, 5.74) is 4.29. The van der Waals surface area contributed by atoms with Crippen molar-refractivity contribution in [1.82, 2.24) is 0 Å². The van der Waals surface area contributed by atoms with Gasteiger partial charge in [0.1, 0.15) is 5.75 Å². The normalized spacial score (nSPS) is 11.9. The fourth-order valence-electron chi connectivity index (χ4n) is 2.20. The lowest BCUT2D eigenvalue weighted by Gasteiger charge is -2.15. The Labute approximate surface area is 142 Å². The summed E-state index contributed by atoms with van der Waals surface area (Å²) in [6, 6.07) is 12.0. The van der Waals surface area contributed by atoms with Gasteiger partial charge in [-0.05, 0) is 68.7 Å². The number of hydrogen-bond acceptors (Lipinski definition) is 3. The van der Waals surface area contributed by atoms with E-state index in [0.717, 1.165) is 10.5 Å². The lowest BCUT2D eigenvalue weighted by Crippen LogP contribution is -2.22. The molecule has 4 heteroatoms. The molecule has 0 fully saturated rings. The van der Waals surface area contributed by atoms with Gasteiger partial charge in [-0.1, -0.05) is 12.1 Å². The maximum Gasteiger partial charge on any atom is 0.237 e. The van der Waals surface area contributed by atoms with Gasteiger partial charge in [-0.2, -0.15) is 0 Å². The zero-order valence-corrected chi connectivity index (χ0v) is 15.1. The first kappa shape index (κ1) is 17.4.